The van der Waals surface area contributed by atoms with E-state index in [4.69, 9.17) is 11.5 Å². The molecule has 0 radical (unpaired) electrons. The third-order valence-electron chi connectivity index (χ3n) is 2.54. The van der Waals surface area contributed by atoms with Gasteiger partial charge in [-0.1, -0.05) is 12.1 Å². The summed E-state index contributed by atoms with van der Waals surface area (Å²) in [4.78, 5) is 11.5. The van der Waals surface area contributed by atoms with Crippen LogP contribution in [0.4, 0.5) is 5.69 Å². The Balaban J connectivity index is 2.19. The average Bonchev–Trinajstić information content (AvgIpc) is 2.32. The van der Waals surface area contributed by atoms with Crippen LogP contribution >= 0.6 is 0 Å². The minimum atomic E-state index is 0.0874. The van der Waals surface area contributed by atoms with Gasteiger partial charge in [-0.25, -0.2) is 0 Å². The third-order valence-corrected chi connectivity index (χ3v) is 2.54. The lowest BCUT2D eigenvalue weighted by Crippen LogP contribution is -2.25. The highest BCUT2D eigenvalue weighted by Gasteiger charge is 2.01. The quantitative estimate of drug-likeness (QED) is 0.488. The molecule has 5 N–H and O–H groups in total. The van der Waals surface area contributed by atoms with Crippen LogP contribution in [-0.4, -0.2) is 19.0 Å². The summed E-state index contributed by atoms with van der Waals surface area (Å²) in [6.07, 6.45) is 3.13. The molecule has 0 atom stereocenters. The first-order valence-corrected chi connectivity index (χ1v) is 6.03. The Morgan fingerprint density at radius 1 is 1.29 bits per heavy atom. The Morgan fingerprint density at radius 2 is 2.12 bits per heavy atom. The summed E-state index contributed by atoms with van der Waals surface area (Å²) in [7, 11) is 0. The second-order valence-electron chi connectivity index (χ2n) is 4.09. The molecule has 1 rings (SSSR count). The Hall–Kier alpha value is -1.55. The van der Waals surface area contributed by atoms with Crippen LogP contribution in [0.2, 0.25) is 0 Å². The van der Waals surface area contributed by atoms with Crippen LogP contribution in [0.5, 0.6) is 0 Å². The molecule has 0 aliphatic rings. The molecule has 0 fully saturated rings. The molecule has 1 aromatic carbocycles. The van der Waals surface area contributed by atoms with Gasteiger partial charge in [-0.3, -0.25) is 4.79 Å². The van der Waals surface area contributed by atoms with Crippen LogP contribution in [-0.2, 0) is 11.2 Å². The zero-order chi connectivity index (χ0) is 12.5. The van der Waals surface area contributed by atoms with Gasteiger partial charge in [0.1, 0.15) is 0 Å². The summed E-state index contributed by atoms with van der Waals surface area (Å²) < 4.78 is 0. The van der Waals surface area contributed by atoms with Gasteiger partial charge in [0.05, 0.1) is 0 Å². The Bertz CT molecular complexity index is 352. The normalized spacial score (nSPS) is 10.2. The van der Waals surface area contributed by atoms with Crippen LogP contribution in [0.3, 0.4) is 0 Å². The van der Waals surface area contributed by atoms with E-state index in [0.717, 1.165) is 30.5 Å². The van der Waals surface area contributed by atoms with Crippen molar-refractivity contribution >= 4 is 11.6 Å². The summed E-state index contributed by atoms with van der Waals surface area (Å²) in [6.45, 7) is 1.39. The van der Waals surface area contributed by atoms with Gasteiger partial charge in [0, 0.05) is 18.7 Å². The number of nitrogen functional groups attached to an aromatic ring is 1. The zero-order valence-corrected chi connectivity index (χ0v) is 10.1. The summed E-state index contributed by atoms with van der Waals surface area (Å²) in [5, 5.41) is 2.88. The van der Waals surface area contributed by atoms with Gasteiger partial charge in [-0.15, -0.1) is 0 Å². The van der Waals surface area contributed by atoms with Crippen molar-refractivity contribution in [1.82, 2.24) is 5.32 Å². The van der Waals surface area contributed by atoms with E-state index in [-0.39, 0.29) is 5.91 Å². The van der Waals surface area contributed by atoms with Crippen molar-refractivity contribution in [3.8, 4) is 0 Å². The zero-order valence-electron chi connectivity index (χ0n) is 10.1. The second kappa shape index (κ2) is 7.68. The van der Waals surface area contributed by atoms with E-state index in [1.807, 2.05) is 24.3 Å². The first-order chi connectivity index (χ1) is 8.22. The van der Waals surface area contributed by atoms with E-state index in [0.29, 0.717) is 19.5 Å². The highest BCUT2D eigenvalue weighted by Crippen LogP contribution is 2.08. The molecule has 0 aliphatic heterocycles. The topological polar surface area (TPSA) is 81.1 Å². The highest BCUT2D eigenvalue weighted by molar-refractivity contribution is 5.76. The summed E-state index contributed by atoms with van der Waals surface area (Å²) in [6, 6.07) is 7.64. The van der Waals surface area contributed by atoms with Crippen molar-refractivity contribution in [1.29, 1.82) is 0 Å². The molecule has 0 heterocycles. The molecule has 1 aromatic rings. The lowest BCUT2D eigenvalue weighted by molar-refractivity contribution is -0.121. The highest BCUT2D eigenvalue weighted by atomic mass is 16.1. The minimum Gasteiger partial charge on any atom is -0.399 e. The number of aryl methyl sites for hydroxylation is 1. The molecule has 0 saturated carbocycles. The lowest BCUT2D eigenvalue weighted by Gasteiger charge is -2.05. The first kappa shape index (κ1) is 13.5. The smallest absolute Gasteiger partial charge is 0.220 e. The first-order valence-electron chi connectivity index (χ1n) is 6.03. The van der Waals surface area contributed by atoms with E-state index in [2.05, 4.69) is 5.32 Å². The fourth-order valence-corrected chi connectivity index (χ4v) is 1.59. The Kier molecular flexibility index (Phi) is 6.10. The fraction of sp³-hybridized carbons (Fsp3) is 0.462. The molecule has 0 unspecified atom stereocenters. The number of amides is 1. The number of unbranched alkanes of at least 4 members (excludes halogenated alkanes) is 1. The van der Waals surface area contributed by atoms with Crippen molar-refractivity contribution in [2.24, 2.45) is 5.73 Å². The maximum absolute atomic E-state index is 11.5. The van der Waals surface area contributed by atoms with Crippen molar-refractivity contribution in [3.05, 3.63) is 29.8 Å². The molecule has 0 saturated heterocycles. The standard InChI is InChI=1S/C13H21N3O/c14-8-1-2-9-16-13(17)7-6-11-4-3-5-12(15)10-11/h3-5,10H,1-2,6-9,14-15H2,(H,16,17). The van der Waals surface area contributed by atoms with Crippen LogP contribution in [0.15, 0.2) is 24.3 Å². The van der Waals surface area contributed by atoms with Gasteiger partial charge in [0.15, 0.2) is 0 Å². The van der Waals surface area contributed by atoms with Gasteiger partial charge in [-0.05, 0) is 43.5 Å². The Morgan fingerprint density at radius 3 is 2.82 bits per heavy atom. The number of carbonyl (C=O) groups is 1. The predicted molar refractivity (Wildman–Crippen MR) is 70.5 cm³/mol. The van der Waals surface area contributed by atoms with Crippen LogP contribution in [0.1, 0.15) is 24.8 Å². The number of benzene rings is 1. The van der Waals surface area contributed by atoms with Crippen molar-refractivity contribution < 1.29 is 4.79 Å². The number of carbonyl (C=O) groups excluding carboxylic acids is 1. The molecule has 94 valence electrons. The Labute approximate surface area is 102 Å². The van der Waals surface area contributed by atoms with Crippen LogP contribution in [0.25, 0.3) is 0 Å². The number of hydrogen-bond acceptors (Lipinski definition) is 3. The molecule has 0 bridgehead atoms. The summed E-state index contributed by atoms with van der Waals surface area (Å²) in [5.74, 6) is 0.0874. The average molecular weight is 235 g/mol. The van der Waals surface area contributed by atoms with E-state index < -0.39 is 0 Å². The van der Waals surface area contributed by atoms with Gasteiger partial charge in [0.25, 0.3) is 0 Å². The third kappa shape index (κ3) is 5.92. The van der Waals surface area contributed by atoms with Crippen LogP contribution < -0.4 is 16.8 Å². The maximum atomic E-state index is 11.5. The monoisotopic (exact) mass is 235 g/mol. The molecular formula is C13H21N3O. The second-order valence-corrected chi connectivity index (χ2v) is 4.09. The molecule has 1 amide bonds. The van der Waals surface area contributed by atoms with E-state index in [9.17, 15) is 4.79 Å². The van der Waals surface area contributed by atoms with Gasteiger partial charge in [-0.2, -0.15) is 0 Å². The van der Waals surface area contributed by atoms with E-state index >= 15 is 0 Å². The van der Waals surface area contributed by atoms with Gasteiger partial charge < -0.3 is 16.8 Å². The fourth-order valence-electron chi connectivity index (χ4n) is 1.59. The predicted octanol–water partition coefficient (Wildman–Crippen LogP) is 1.06. The van der Waals surface area contributed by atoms with E-state index in [1.54, 1.807) is 0 Å². The molecule has 0 aromatic heterocycles. The van der Waals surface area contributed by atoms with Gasteiger partial charge in [0.2, 0.25) is 5.91 Å². The SMILES string of the molecule is NCCCCNC(=O)CCc1cccc(N)c1. The molecule has 0 spiro atoms. The summed E-state index contributed by atoms with van der Waals surface area (Å²) >= 11 is 0. The number of hydrogen-bond donors (Lipinski definition) is 3. The maximum Gasteiger partial charge on any atom is 0.220 e. The molecule has 17 heavy (non-hydrogen) atoms. The molecule has 0 aliphatic carbocycles. The minimum absolute atomic E-state index is 0.0874. The van der Waals surface area contributed by atoms with Gasteiger partial charge >= 0.3 is 0 Å². The molecule has 4 nitrogen and oxygen atoms in total. The number of rotatable bonds is 7. The molecular weight excluding hydrogens is 214 g/mol. The van der Waals surface area contributed by atoms with Crippen molar-refractivity contribution in [3.63, 3.8) is 0 Å². The van der Waals surface area contributed by atoms with Crippen LogP contribution in [0, 0.1) is 0 Å². The number of anilines is 1. The van der Waals surface area contributed by atoms with Crippen molar-refractivity contribution in [2.45, 2.75) is 25.7 Å². The number of nitrogens with one attached hydrogen (secondary N) is 1. The van der Waals surface area contributed by atoms with E-state index in [1.165, 1.54) is 0 Å². The lowest BCUT2D eigenvalue weighted by atomic mass is 10.1. The molecule has 4 heteroatoms. The number of nitrogens with two attached hydrogens (primary N) is 2. The largest absolute Gasteiger partial charge is 0.399 e. The van der Waals surface area contributed by atoms with Crippen molar-refractivity contribution in [2.75, 3.05) is 18.8 Å². The summed E-state index contributed by atoms with van der Waals surface area (Å²) in [5.41, 5.74) is 12.9.